The molecule has 0 bridgehead atoms. The highest BCUT2D eigenvalue weighted by molar-refractivity contribution is 5.89. The van der Waals surface area contributed by atoms with Gasteiger partial charge in [-0.25, -0.2) is 0 Å². The minimum atomic E-state index is -0.216. The maximum Gasteiger partial charge on any atom is 0.225 e. The normalized spacial score (nSPS) is 26.2. The Kier molecular flexibility index (Phi) is 6.17. The van der Waals surface area contributed by atoms with Crippen molar-refractivity contribution in [1.82, 2.24) is 15.1 Å². The molecule has 2 fully saturated rings. The predicted octanol–water partition coefficient (Wildman–Crippen LogP) is 4.13. The summed E-state index contributed by atoms with van der Waals surface area (Å²) in [5, 5.41) is 3.30. The lowest BCUT2D eigenvalue weighted by atomic mass is 9.63. The summed E-state index contributed by atoms with van der Waals surface area (Å²) in [6.45, 7) is 11.0. The van der Waals surface area contributed by atoms with Crippen molar-refractivity contribution in [2.75, 3.05) is 33.2 Å². The van der Waals surface area contributed by atoms with Crippen molar-refractivity contribution in [2.45, 2.75) is 70.8 Å². The highest BCUT2D eigenvalue weighted by Crippen LogP contribution is 2.48. The van der Waals surface area contributed by atoms with E-state index in [1.165, 1.54) is 36.9 Å². The van der Waals surface area contributed by atoms with Gasteiger partial charge in [-0.1, -0.05) is 45.0 Å². The summed E-state index contributed by atoms with van der Waals surface area (Å²) < 4.78 is 0. The van der Waals surface area contributed by atoms with Crippen LogP contribution in [0.4, 0.5) is 0 Å². The van der Waals surface area contributed by atoms with Gasteiger partial charge in [0.15, 0.2) is 0 Å². The lowest BCUT2D eigenvalue weighted by Crippen LogP contribution is -2.47. The van der Waals surface area contributed by atoms with Gasteiger partial charge in [-0.2, -0.15) is 0 Å². The molecular formula is C26H41N3O2. The Hall–Kier alpha value is -1.88. The van der Waals surface area contributed by atoms with E-state index in [2.05, 4.69) is 55.3 Å². The van der Waals surface area contributed by atoms with Gasteiger partial charge in [0.1, 0.15) is 0 Å². The zero-order chi connectivity index (χ0) is 22.2. The minimum Gasteiger partial charge on any atom is -0.349 e. The molecule has 1 aliphatic carbocycles. The maximum absolute atomic E-state index is 12.9. The summed E-state index contributed by atoms with van der Waals surface area (Å²) >= 11 is 0. The van der Waals surface area contributed by atoms with Crippen molar-refractivity contribution < 1.29 is 11.0 Å². The Morgan fingerprint density at radius 1 is 1.19 bits per heavy atom. The van der Waals surface area contributed by atoms with E-state index in [1.807, 2.05) is 0 Å². The fraction of sp³-hybridized carbons (Fsp3) is 0.692. The molecule has 1 spiro atoms. The summed E-state index contributed by atoms with van der Waals surface area (Å²) in [5.41, 5.74) is 3.38. The zero-order valence-corrected chi connectivity index (χ0v) is 19.7. The summed E-state index contributed by atoms with van der Waals surface area (Å²) in [6, 6.07) is 8.82. The van der Waals surface area contributed by atoms with E-state index in [0.29, 0.717) is 18.4 Å². The van der Waals surface area contributed by atoms with Crippen LogP contribution in [0.1, 0.15) is 77.9 Å². The Balaban J connectivity index is 0.00000289. The number of rotatable bonds is 4. The predicted molar refractivity (Wildman–Crippen MR) is 126 cm³/mol. The molecule has 1 aromatic rings. The number of amides is 2. The van der Waals surface area contributed by atoms with E-state index in [0.717, 1.165) is 25.9 Å². The second-order valence-corrected chi connectivity index (χ2v) is 11.3. The van der Waals surface area contributed by atoms with Crippen LogP contribution in [-0.2, 0) is 15.0 Å². The topological polar surface area (TPSA) is 52.7 Å². The van der Waals surface area contributed by atoms with Gasteiger partial charge in [0.25, 0.3) is 0 Å². The quantitative estimate of drug-likeness (QED) is 0.786. The van der Waals surface area contributed by atoms with E-state index in [1.54, 1.807) is 11.9 Å². The molecule has 0 aromatic heterocycles. The number of carbonyl (C=O) groups excluding carboxylic acids is 2. The number of fused-ring (bicyclic) bond motifs is 2. The number of likely N-dealkylation sites (tertiary alicyclic amines) is 2. The number of benzene rings is 1. The summed E-state index contributed by atoms with van der Waals surface area (Å²) in [5.74, 6) is -0.113. The number of carbonyl (C=O) groups is 2. The Labute approximate surface area is 189 Å². The second-order valence-electron chi connectivity index (χ2n) is 11.3. The third-order valence-corrected chi connectivity index (χ3v) is 7.84. The van der Waals surface area contributed by atoms with Gasteiger partial charge in [-0.3, -0.25) is 9.59 Å². The highest BCUT2D eigenvalue weighted by atomic mass is 16.2. The maximum atomic E-state index is 12.9. The molecule has 2 amide bonds. The molecule has 5 heteroatoms. The standard InChI is InChI=1S/C26H39N3O2.H2/c1-25(2,3)11-14-29-15-12-26(13-16-29)10-9-22(20-7-5-6-8-21(20)26)27-24(31)19-17-23(30)28(4)18-19;/h5-8,19,22H,9-18H2,1-4H3,(H,27,31);1H/t19?,22-;/m0./s1. The monoisotopic (exact) mass is 427 g/mol. The molecule has 31 heavy (non-hydrogen) atoms. The van der Waals surface area contributed by atoms with Crippen molar-refractivity contribution in [3.05, 3.63) is 35.4 Å². The van der Waals surface area contributed by atoms with Gasteiger partial charge in [0.05, 0.1) is 12.0 Å². The molecule has 5 nitrogen and oxygen atoms in total. The van der Waals surface area contributed by atoms with Crippen LogP contribution in [-0.4, -0.2) is 54.8 Å². The number of nitrogens with one attached hydrogen (secondary N) is 1. The first-order valence-corrected chi connectivity index (χ1v) is 12.0. The van der Waals surface area contributed by atoms with Crippen LogP contribution in [0.25, 0.3) is 0 Å². The average molecular weight is 428 g/mol. The molecule has 1 aromatic carbocycles. The molecular weight excluding hydrogens is 386 g/mol. The first kappa shape index (κ1) is 22.3. The van der Waals surface area contributed by atoms with E-state index >= 15 is 0 Å². The third kappa shape index (κ3) is 4.82. The van der Waals surface area contributed by atoms with Crippen LogP contribution in [0.5, 0.6) is 0 Å². The number of nitrogens with zero attached hydrogens (tertiary/aromatic N) is 2. The third-order valence-electron chi connectivity index (χ3n) is 7.84. The Morgan fingerprint density at radius 2 is 1.90 bits per heavy atom. The van der Waals surface area contributed by atoms with Crippen molar-refractivity contribution in [2.24, 2.45) is 11.3 Å². The van der Waals surface area contributed by atoms with Crippen LogP contribution in [0.2, 0.25) is 0 Å². The summed E-state index contributed by atoms with van der Waals surface area (Å²) in [6.07, 6.45) is 6.11. The highest BCUT2D eigenvalue weighted by Gasteiger charge is 2.43. The Morgan fingerprint density at radius 3 is 2.55 bits per heavy atom. The molecule has 3 aliphatic rings. The first-order chi connectivity index (χ1) is 14.7. The van der Waals surface area contributed by atoms with Crippen LogP contribution in [0.3, 0.4) is 0 Å². The van der Waals surface area contributed by atoms with Crippen molar-refractivity contribution >= 4 is 11.8 Å². The van der Waals surface area contributed by atoms with E-state index < -0.39 is 0 Å². The van der Waals surface area contributed by atoms with Gasteiger partial charge in [0, 0.05) is 21.4 Å². The molecule has 2 heterocycles. The van der Waals surface area contributed by atoms with Crippen LogP contribution in [0, 0.1) is 11.3 Å². The van der Waals surface area contributed by atoms with Crippen molar-refractivity contribution in [3.8, 4) is 0 Å². The number of hydrogen-bond acceptors (Lipinski definition) is 3. The smallest absolute Gasteiger partial charge is 0.225 e. The van der Waals surface area contributed by atoms with E-state index in [4.69, 9.17) is 0 Å². The molecule has 2 aliphatic heterocycles. The second kappa shape index (κ2) is 8.57. The average Bonchev–Trinajstić information content (AvgIpc) is 3.08. The minimum absolute atomic E-state index is 0. The molecule has 0 saturated carbocycles. The van der Waals surface area contributed by atoms with E-state index in [-0.39, 0.29) is 30.6 Å². The van der Waals surface area contributed by atoms with Crippen LogP contribution < -0.4 is 5.32 Å². The van der Waals surface area contributed by atoms with E-state index in [9.17, 15) is 9.59 Å². The lowest BCUT2D eigenvalue weighted by molar-refractivity contribution is -0.128. The molecule has 1 unspecified atom stereocenters. The number of piperidine rings is 1. The van der Waals surface area contributed by atoms with Gasteiger partial charge in [0.2, 0.25) is 11.8 Å². The zero-order valence-electron chi connectivity index (χ0n) is 19.7. The fourth-order valence-corrected chi connectivity index (χ4v) is 5.69. The first-order valence-electron chi connectivity index (χ1n) is 12.0. The molecule has 1 N–H and O–H groups in total. The van der Waals surface area contributed by atoms with Crippen molar-refractivity contribution in [3.63, 3.8) is 0 Å². The van der Waals surface area contributed by atoms with Gasteiger partial charge >= 0.3 is 0 Å². The Bertz CT molecular complexity index is 827. The number of hydrogen-bond donors (Lipinski definition) is 1. The molecule has 4 rings (SSSR count). The van der Waals surface area contributed by atoms with Gasteiger partial charge < -0.3 is 15.1 Å². The SMILES string of the molecule is CN1CC(C(=O)N[C@H]2CCC3(CCN(CCC(C)(C)C)CC3)c3ccccc32)CC1=O.[HH]. The fourth-order valence-electron chi connectivity index (χ4n) is 5.69. The largest absolute Gasteiger partial charge is 0.349 e. The molecule has 0 radical (unpaired) electrons. The van der Waals surface area contributed by atoms with Crippen LogP contribution in [0.15, 0.2) is 24.3 Å². The molecule has 172 valence electrons. The lowest BCUT2D eigenvalue weighted by Gasteiger charge is -2.47. The summed E-state index contributed by atoms with van der Waals surface area (Å²) in [7, 11) is 1.78. The molecule has 2 saturated heterocycles. The van der Waals surface area contributed by atoms with Gasteiger partial charge in [-0.15, -0.1) is 0 Å². The van der Waals surface area contributed by atoms with Gasteiger partial charge in [-0.05, 0) is 73.7 Å². The summed E-state index contributed by atoms with van der Waals surface area (Å²) in [4.78, 5) is 29.0. The molecule has 2 atom stereocenters. The van der Waals surface area contributed by atoms with Crippen LogP contribution >= 0.6 is 0 Å². The van der Waals surface area contributed by atoms with Crippen molar-refractivity contribution in [1.29, 1.82) is 0 Å².